The van der Waals surface area contributed by atoms with Crippen LogP contribution in [0.1, 0.15) is 58.6 Å². The fourth-order valence-corrected chi connectivity index (χ4v) is 6.76. The van der Waals surface area contributed by atoms with Gasteiger partial charge in [0.1, 0.15) is 6.04 Å². The van der Waals surface area contributed by atoms with Crippen LogP contribution in [0.25, 0.3) is 11.3 Å². The molecule has 1 aromatic heterocycles. The van der Waals surface area contributed by atoms with Gasteiger partial charge < -0.3 is 4.90 Å². The van der Waals surface area contributed by atoms with Crippen molar-refractivity contribution < 1.29 is 22.8 Å². The Morgan fingerprint density at radius 3 is 2.41 bits per heavy atom. The molecule has 2 saturated heterocycles. The average molecular weight is 573 g/mol. The minimum Gasteiger partial charge on any atom is -0.322 e. The molecule has 2 aromatic carbocycles. The first-order chi connectivity index (χ1) is 19.7. The highest BCUT2D eigenvalue weighted by atomic mass is 32.2. The minimum atomic E-state index is -3.19. The van der Waals surface area contributed by atoms with Crippen molar-refractivity contribution in [2.24, 2.45) is 0 Å². The van der Waals surface area contributed by atoms with Crippen molar-refractivity contribution in [2.45, 2.75) is 55.6 Å². The molecular weight excluding hydrogens is 540 g/mol. The van der Waals surface area contributed by atoms with E-state index in [1.807, 2.05) is 36.5 Å². The molecule has 3 aliphatic rings. The van der Waals surface area contributed by atoms with E-state index in [4.69, 9.17) is 0 Å². The molecule has 3 amide bonds. The van der Waals surface area contributed by atoms with Gasteiger partial charge in [-0.05, 0) is 91.4 Å². The molecule has 0 aliphatic carbocycles. The highest BCUT2D eigenvalue weighted by Gasteiger charge is 2.39. The molecule has 1 N–H and O–H groups in total. The summed E-state index contributed by atoms with van der Waals surface area (Å²) < 4.78 is 23.5. The molecule has 6 rings (SSSR count). The van der Waals surface area contributed by atoms with E-state index in [9.17, 15) is 22.8 Å². The molecule has 2 fully saturated rings. The lowest BCUT2D eigenvalue weighted by Crippen LogP contribution is -2.52. The van der Waals surface area contributed by atoms with Gasteiger partial charge in [0, 0.05) is 43.1 Å². The smallest absolute Gasteiger partial charge is 0.255 e. The third kappa shape index (κ3) is 5.67. The Morgan fingerprint density at radius 2 is 1.71 bits per heavy atom. The Balaban J connectivity index is 1.10. The van der Waals surface area contributed by atoms with E-state index >= 15 is 0 Å². The molecule has 212 valence electrons. The van der Waals surface area contributed by atoms with Crippen LogP contribution < -0.4 is 5.32 Å². The fraction of sp³-hybridized carbons (Fsp3) is 0.355. The number of nitrogens with one attached hydrogen (secondary N) is 1. The summed E-state index contributed by atoms with van der Waals surface area (Å²) in [5.74, 6) is -0.473. The van der Waals surface area contributed by atoms with E-state index in [0.717, 1.165) is 54.9 Å². The van der Waals surface area contributed by atoms with Crippen molar-refractivity contribution in [3.8, 4) is 11.3 Å². The largest absolute Gasteiger partial charge is 0.322 e. The first-order valence-corrected chi connectivity index (χ1v) is 15.8. The van der Waals surface area contributed by atoms with Crippen LogP contribution in [0.4, 0.5) is 0 Å². The number of aromatic nitrogens is 1. The van der Waals surface area contributed by atoms with Crippen LogP contribution in [0.3, 0.4) is 0 Å². The number of benzene rings is 2. The topological polar surface area (TPSA) is 117 Å². The van der Waals surface area contributed by atoms with Gasteiger partial charge in [-0.3, -0.25) is 29.6 Å². The maximum atomic E-state index is 13.0. The number of sulfone groups is 1. The number of hydrogen-bond acceptors (Lipinski definition) is 7. The molecular formula is C31H32N4O5S. The van der Waals surface area contributed by atoms with E-state index in [1.54, 1.807) is 23.1 Å². The highest BCUT2D eigenvalue weighted by Crippen LogP contribution is 2.32. The quantitative estimate of drug-likeness (QED) is 0.451. The normalized spacial score (nSPS) is 20.3. The average Bonchev–Trinajstić information content (AvgIpc) is 3.28. The minimum absolute atomic E-state index is 0.183. The summed E-state index contributed by atoms with van der Waals surface area (Å²) in [7, 11) is -3.19. The lowest BCUT2D eigenvalue weighted by molar-refractivity contribution is -0.136. The van der Waals surface area contributed by atoms with Crippen molar-refractivity contribution in [3.63, 3.8) is 0 Å². The predicted molar refractivity (Wildman–Crippen MR) is 153 cm³/mol. The SMILES string of the molecule is CS(=O)(=O)c1ccc(C2CCN(Cc3ccnc(-c4ccc5c(c4)CN(C4CCC(=O)NC4=O)C5=O)c3)CC2)cc1. The summed E-state index contributed by atoms with van der Waals surface area (Å²) in [5.41, 5.74) is 5.54. The third-order valence-corrected chi connectivity index (χ3v) is 9.55. The molecule has 3 aliphatic heterocycles. The molecule has 0 saturated carbocycles. The standard InChI is InChI=1S/C31H32N4O5S/c1-41(39,40)25-5-2-21(3-6-25)22-11-14-34(15-12-22)18-20-10-13-32-27(16-20)23-4-7-26-24(17-23)19-35(31(26)38)28-8-9-29(36)33-30(28)37/h2-7,10,13,16-17,22,28H,8-9,11-12,14-15,18-19H2,1H3,(H,33,36,37). The van der Waals surface area contributed by atoms with E-state index in [0.29, 0.717) is 29.3 Å². The number of piperidine rings is 2. The zero-order valence-corrected chi connectivity index (χ0v) is 23.7. The van der Waals surface area contributed by atoms with Crippen molar-refractivity contribution in [1.29, 1.82) is 0 Å². The van der Waals surface area contributed by atoms with Crippen molar-refractivity contribution in [2.75, 3.05) is 19.3 Å². The Bertz CT molecular complexity index is 1630. The van der Waals surface area contributed by atoms with Gasteiger partial charge >= 0.3 is 0 Å². The number of rotatable bonds is 6. The van der Waals surface area contributed by atoms with Crippen LogP contribution in [-0.2, 0) is 32.5 Å². The number of hydrogen-bond donors (Lipinski definition) is 1. The first-order valence-electron chi connectivity index (χ1n) is 13.9. The summed E-state index contributed by atoms with van der Waals surface area (Å²) in [6.07, 6.45) is 5.64. The number of likely N-dealkylation sites (tertiary alicyclic amines) is 1. The predicted octanol–water partition coefficient (Wildman–Crippen LogP) is 3.29. The lowest BCUT2D eigenvalue weighted by Gasteiger charge is -2.32. The molecule has 41 heavy (non-hydrogen) atoms. The monoisotopic (exact) mass is 572 g/mol. The fourth-order valence-electron chi connectivity index (χ4n) is 6.13. The molecule has 10 heteroatoms. The number of fused-ring (bicyclic) bond motifs is 1. The number of amides is 3. The second-order valence-corrected chi connectivity index (χ2v) is 13.2. The first kappa shape index (κ1) is 27.3. The zero-order chi connectivity index (χ0) is 28.7. The van der Waals surface area contributed by atoms with Crippen LogP contribution in [0.2, 0.25) is 0 Å². The van der Waals surface area contributed by atoms with Crippen LogP contribution in [0.15, 0.2) is 65.7 Å². The Morgan fingerprint density at radius 1 is 0.951 bits per heavy atom. The summed E-state index contributed by atoms with van der Waals surface area (Å²) >= 11 is 0. The van der Waals surface area contributed by atoms with E-state index in [2.05, 4.69) is 21.3 Å². The van der Waals surface area contributed by atoms with Gasteiger partial charge in [-0.25, -0.2) is 8.42 Å². The number of imide groups is 1. The maximum absolute atomic E-state index is 13.0. The molecule has 9 nitrogen and oxygen atoms in total. The zero-order valence-electron chi connectivity index (χ0n) is 22.9. The van der Waals surface area contributed by atoms with Crippen LogP contribution in [0, 0.1) is 0 Å². The maximum Gasteiger partial charge on any atom is 0.255 e. The summed E-state index contributed by atoms with van der Waals surface area (Å²) in [6.45, 7) is 3.04. The second-order valence-electron chi connectivity index (χ2n) is 11.2. The van der Waals surface area contributed by atoms with Gasteiger partial charge in [0.15, 0.2) is 9.84 Å². The lowest BCUT2D eigenvalue weighted by atomic mass is 9.89. The van der Waals surface area contributed by atoms with Crippen molar-refractivity contribution >= 4 is 27.6 Å². The van der Waals surface area contributed by atoms with Gasteiger partial charge in [-0.1, -0.05) is 18.2 Å². The van der Waals surface area contributed by atoms with E-state index in [-0.39, 0.29) is 18.2 Å². The Labute approximate surface area is 239 Å². The van der Waals surface area contributed by atoms with E-state index < -0.39 is 21.8 Å². The van der Waals surface area contributed by atoms with Gasteiger partial charge in [-0.15, -0.1) is 0 Å². The van der Waals surface area contributed by atoms with E-state index in [1.165, 1.54) is 11.8 Å². The second kappa shape index (κ2) is 10.8. The molecule has 4 heterocycles. The van der Waals surface area contributed by atoms with Crippen molar-refractivity contribution in [1.82, 2.24) is 20.1 Å². The number of pyridine rings is 1. The summed E-state index contributed by atoms with van der Waals surface area (Å²) in [4.78, 5) is 45.9. The molecule has 0 radical (unpaired) electrons. The Kier molecular flexibility index (Phi) is 7.21. The summed E-state index contributed by atoms with van der Waals surface area (Å²) in [6, 6.07) is 16.5. The molecule has 1 unspecified atom stereocenters. The molecule has 3 aromatic rings. The van der Waals surface area contributed by atoms with Gasteiger partial charge in [0.2, 0.25) is 11.8 Å². The Hall–Kier alpha value is -3.89. The van der Waals surface area contributed by atoms with Crippen LogP contribution >= 0.6 is 0 Å². The molecule has 0 bridgehead atoms. The van der Waals surface area contributed by atoms with Gasteiger partial charge in [-0.2, -0.15) is 0 Å². The van der Waals surface area contributed by atoms with Crippen LogP contribution in [0.5, 0.6) is 0 Å². The van der Waals surface area contributed by atoms with Crippen molar-refractivity contribution in [3.05, 3.63) is 83.0 Å². The summed E-state index contributed by atoms with van der Waals surface area (Å²) in [5, 5.41) is 2.34. The number of carbonyl (C=O) groups is 3. The highest BCUT2D eigenvalue weighted by molar-refractivity contribution is 7.90. The molecule has 1 atom stereocenters. The molecule has 0 spiro atoms. The number of nitrogens with zero attached hydrogens (tertiary/aromatic N) is 3. The number of carbonyl (C=O) groups excluding carboxylic acids is 3. The van der Waals surface area contributed by atoms with Gasteiger partial charge in [0.05, 0.1) is 10.6 Å². The van der Waals surface area contributed by atoms with Crippen LogP contribution in [-0.4, -0.2) is 66.3 Å². The third-order valence-electron chi connectivity index (χ3n) is 8.42. The van der Waals surface area contributed by atoms with Gasteiger partial charge in [0.25, 0.3) is 5.91 Å².